The lowest BCUT2D eigenvalue weighted by Gasteiger charge is -2.47. The van der Waals surface area contributed by atoms with Crippen molar-refractivity contribution in [1.29, 1.82) is 5.26 Å². The molecule has 0 unspecified atom stereocenters. The number of H-pyrrole nitrogens is 1. The fourth-order valence-electron chi connectivity index (χ4n) is 4.82. The van der Waals surface area contributed by atoms with Crippen molar-refractivity contribution in [1.82, 2.24) is 19.9 Å². The fourth-order valence-corrected chi connectivity index (χ4v) is 4.82. The molecule has 3 heterocycles. The Kier molecular flexibility index (Phi) is 4.73. The number of fused-ring (bicyclic) bond motifs is 1. The highest BCUT2D eigenvalue weighted by atomic mass is 16.2. The van der Waals surface area contributed by atoms with Crippen LogP contribution in [0.2, 0.25) is 0 Å². The quantitative estimate of drug-likeness (QED) is 0.902. The van der Waals surface area contributed by atoms with Crippen LogP contribution in [0.15, 0.2) is 18.6 Å². The lowest BCUT2D eigenvalue weighted by atomic mass is 9.66. The molecule has 27 heavy (non-hydrogen) atoms. The van der Waals surface area contributed by atoms with Gasteiger partial charge in [-0.3, -0.25) is 4.79 Å². The fraction of sp³-hybridized carbons (Fsp3) is 0.600. The van der Waals surface area contributed by atoms with Crippen molar-refractivity contribution in [3.63, 3.8) is 0 Å². The van der Waals surface area contributed by atoms with Gasteiger partial charge in [-0.2, -0.15) is 5.26 Å². The standard InChI is InChI=1S/C20H26N6O/c1-25(19-16-5-11-22-18(16)23-14-24-19)15-2-6-20(7-3-15)8-12-26(13-9-20)17(27)4-10-21/h5,11,14-15H,2-4,6-9,12-13H2,1H3,(H,22,23,24). The Bertz CT molecular complexity index is 851. The van der Waals surface area contributed by atoms with Crippen molar-refractivity contribution in [2.24, 2.45) is 5.41 Å². The zero-order chi connectivity index (χ0) is 18.9. The molecule has 1 aliphatic heterocycles. The second-order valence-electron chi connectivity index (χ2n) is 7.99. The van der Waals surface area contributed by atoms with Crippen LogP contribution in [0.3, 0.4) is 0 Å². The van der Waals surface area contributed by atoms with Crippen molar-refractivity contribution >= 4 is 22.8 Å². The number of nitrogens with one attached hydrogen (secondary N) is 1. The number of nitriles is 1. The van der Waals surface area contributed by atoms with Crippen LogP contribution in [-0.4, -0.2) is 51.9 Å². The van der Waals surface area contributed by atoms with E-state index >= 15 is 0 Å². The van der Waals surface area contributed by atoms with Crippen LogP contribution in [0, 0.1) is 16.7 Å². The van der Waals surface area contributed by atoms with Crippen LogP contribution >= 0.6 is 0 Å². The number of aromatic nitrogens is 3. The van der Waals surface area contributed by atoms with Gasteiger partial charge in [-0.15, -0.1) is 0 Å². The summed E-state index contributed by atoms with van der Waals surface area (Å²) in [5, 5.41) is 9.80. The molecule has 0 aromatic carbocycles. The summed E-state index contributed by atoms with van der Waals surface area (Å²) in [6, 6.07) is 4.50. The molecule has 0 radical (unpaired) electrons. The van der Waals surface area contributed by atoms with Gasteiger partial charge in [0.2, 0.25) is 5.91 Å². The maximum Gasteiger partial charge on any atom is 0.236 e. The van der Waals surface area contributed by atoms with Gasteiger partial charge in [-0.1, -0.05) is 0 Å². The smallest absolute Gasteiger partial charge is 0.236 e. The average molecular weight is 366 g/mol. The number of likely N-dealkylation sites (tertiary alicyclic amines) is 1. The summed E-state index contributed by atoms with van der Waals surface area (Å²) in [7, 11) is 2.14. The first-order chi connectivity index (χ1) is 13.1. The van der Waals surface area contributed by atoms with Gasteiger partial charge in [-0.05, 0) is 50.0 Å². The minimum Gasteiger partial charge on any atom is -0.356 e. The lowest BCUT2D eigenvalue weighted by molar-refractivity contribution is -0.132. The normalized spacial score (nSPS) is 19.9. The lowest BCUT2D eigenvalue weighted by Crippen LogP contribution is -2.46. The first kappa shape index (κ1) is 17.8. The van der Waals surface area contributed by atoms with Gasteiger partial charge in [0.1, 0.15) is 24.2 Å². The molecule has 4 rings (SSSR count). The van der Waals surface area contributed by atoms with E-state index in [1.54, 1.807) is 6.33 Å². The molecule has 7 heteroatoms. The molecule has 2 aliphatic rings. The largest absolute Gasteiger partial charge is 0.356 e. The molecule has 0 atom stereocenters. The summed E-state index contributed by atoms with van der Waals surface area (Å²) in [5.74, 6) is 0.985. The van der Waals surface area contributed by atoms with Crippen molar-refractivity contribution in [3.8, 4) is 6.07 Å². The van der Waals surface area contributed by atoms with E-state index in [1.165, 1.54) is 12.8 Å². The zero-order valence-corrected chi connectivity index (χ0v) is 15.8. The molecule has 1 aliphatic carbocycles. The predicted molar refractivity (Wildman–Crippen MR) is 103 cm³/mol. The molecule has 2 aromatic rings. The van der Waals surface area contributed by atoms with Gasteiger partial charge < -0.3 is 14.8 Å². The zero-order valence-electron chi connectivity index (χ0n) is 15.8. The SMILES string of the molecule is CN(c1ncnc2[nH]ccc12)C1CCC2(CC1)CCN(C(=O)CC#N)CC2. The third-order valence-corrected chi connectivity index (χ3v) is 6.64. The molecule has 1 amide bonds. The molecule has 1 saturated heterocycles. The van der Waals surface area contributed by atoms with E-state index in [0.717, 1.165) is 55.6 Å². The summed E-state index contributed by atoms with van der Waals surface area (Å²) in [6.07, 6.45) is 10.4. The van der Waals surface area contributed by atoms with Crippen LogP contribution in [-0.2, 0) is 4.79 Å². The van der Waals surface area contributed by atoms with Crippen molar-refractivity contribution in [3.05, 3.63) is 18.6 Å². The highest BCUT2D eigenvalue weighted by Gasteiger charge is 2.40. The molecule has 142 valence electrons. The number of hydrogen-bond acceptors (Lipinski definition) is 5. The second-order valence-corrected chi connectivity index (χ2v) is 7.99. The van der Waals surface area contributed by atoms with Gasteiger partial charge in [0.25, 0.3) is 0 Å². The Morgan fingerprint density at radius 3 is 2.78 bits per heavy atom. The van der Waals surface area contributed by atoms with Gasteiger partial charge in [0.05, 0.1) is 11.5 Å². The Hall–Kier alpha value is -2.62. The van der Waals surface area contributed by atoms with Gasteiger partial charge in [0.15, 0.2) is 0 Å². The number of rotatable bonds is 3. The van der Waals surface area contributed by atoms with E-state index in [2.05, 4.69) is 26.9 Å². The highest BCUT2D eigenvalue weighted by Crippen LogP contribution is 2.46. The molecule has 1 spiro atoms. The third-order valence-electron chi connectivity index (χ3n) is 6.64. The Balaban J connectivity index is 1.37. The number of carbonyl (C=O) groups excluding carboxylic acids is 1. The van der Waals surface area contributed by atoms with Crippen LogP contribution in [0.1, 0.15) is 44.9 Å². The monoisotopic (exact) mass is 366 g/mol. The maximum absolute atomic E-state index is 11.9. The van der Waals surface area contributed by atoms with Crippen LogP contribution in [0.25, 0.3) is 11.0 Å². The molecular formula is C20H26N6O. The van der Waals surface area contributed by atoms with Crippen molar-refractivity contribution in [2.75, 3.05) is 25.0 Å². The molecule has 0 bridgehead atoms. The topological polar surface area (TPSA) is 88.9 Å². The van der Waals surface area contributed by atoms with Crippen molar-refractivity contribution in [2.45, 2.75) is 51.0 Å². The van der Waals surface area contributed by atoms with E-state index in [4.69, 9.17) is 5.26 Å². The summed E-state index contributed by atoms with van der Waals surface area (Å²) >= 11 is 0. The Morgan fingerprint density at radius 1 is 1.33 bits per heavy atom. The number of amides is 1. The van der Waals surface area contributed by atoms with Gasteiger partial charge in [0, 0.05) is 32.4 Å². The number of aromatic amines is 1. The maximum atomic E-state index is 11.9. The first-order valence-corrected chi connectivity index (χ1v) is 9.77. The molecule has 2 aromatic heterocycles. The van der Waals surface area contributed by atoms with Gasteiger partial charge in [-0.25, -0.2) is 9.97 Å². The number of hydrogen-bond donors (Lipinski definition) is 1. The minimum atomic E-state index is -0.0138. The summed E-state index contributed by atoms with van der Waals surface area (Å²) < 4.78 is 0. The average Bonchev–Trinajstić information content (AvgIpc) is 3.18. The highest BCUT2D eigenvalue weighted by molar-refractivity contribution is 5.87. The van der Waals surface area contributed by atoms with Crippen LogP contribution in [0.4, 0.5) is 5.82 Å². The number of piperidine rings is 1. The van der Waals surface area contributed by atoms with E-state index in [9.17, 15) is 4.79 Å². The molecule has 1 saturated carbocycles. The molecule has 7 nitrogen and oxygen atoms in total. The van der Waals surface area contributed by atoms with Crippen molar-refractivity contribution < 1.29 is 4.79 Å². The second kappa shape index (κ2) is 7.18. The number of anilines is 1. The van der Waals surface area contributed by atoms with E-state index in [1.807, 2.05) is 23.2 Å². The van der Waals surface area contributed by atoms with E-state index in [-0.39, 0.29) is 12.3 Å². The number of carbonyl (C=O) groups is 1. The third kappa shape index (κ3) is 3.36. The summed E-state index contributed by atoms with van der Waals surface area (Å²) in [5.41, 5.74) is 1.25. The van der Waals surface area contributed by atoms with E-state index < -0.39 is 0 Å². The summed E-state index contributed by atoms with van der Waals surface area (Å²) in [4.78, 5) is 28.1. The Morgan fingerprint density at radius 2 is 2.07 bits per heavy atom. The van der Waals surface area contributed by atoms with Gasteiger partial charge >= 0.3 is 0 Å². The predicted octanol–water partition coefficient (Wildman–Crippen LogP) is 2.86. The Labute approximate surface area is 159 Å². The van der Waals surface area contributed by atoms with Crippen LogP contribution < -0.4 is 4.90 Å². The number of nitrogens with zero attached hydrogens (tertiary/aromatic N) is 5. The minimum absolute atomic E-state index is 0.00638. The van der Waals surface area contributed by atoms with E-state index in [0.29, 0.717) is 11.5 Å². The molecular weight excluding hydrogens is 340 g/mol. The first-order valence-electron chi connectivity index (χ1n) is 9.77. The summed E-state index contributed by atoms with van der Waals surface area (Å²) in [6.45, 7) is 1.60. The molecule has 1 N–H and O–H groups in total. The molecule has 2 fully saturated rings. The van der Waals surface area contributed by atoms with Crippen LogP contribution in [0.5, 0.6) is 0 Å².